The van der Waals surface area contributed by atoms with Crippen LogP contribution in [0.5, 0.6) is 0 Å². The first-order chi connectivity index (χ1) is 7.38. The SMILES string of the molecule is c1ccc2c(c1)CCC1(C2)OCCCO1. The first-order valence-electron chi connectivity index (χ1n) is 5.73. The predicted molar refractivity (Wildman–Crippen MR) is 57.7 cm³/mol. The Labute approximate surface area is 90.2 Å². The fourth-order valence-electron chi connectivity index (χ4n) is 2.54. The molecule has 3 rings (SSSR count). The molecular weight excluding hydrogens is 188 g/mol. The maximum Gasteiger partial charge on any atom is 0.172 e. The molecule has 1 fully saturated rings. The molecule has 0 radical (unpaired) electrons. The highest BCUT2D eigenvalue weighted by atomic mass is 16.7. The van der Waals surface area contributed by atoms with E-state index in [2.05, 4.69) is 24.3 Å². The van der Waals surface area contributed by atoms with Gasteiger partial charge in [0.2, 0.25) is 0 Å². The van der Waals surface area contributed by atoms with Crippen LogP contribution in [0.2, 0.25) is 0 Å². The van der Waals surface area contributed by atoms with Crippen molar-refractivity contribution in [3.8, 4) is 0 Å². The van der Waals surface area contributed by atoms with Gasteiger partial charge in [-0.15, -0.1) is 0 Å². The fraction of sp³-hybridized carbons (Fsp3) is 0.538. The Kier molecular flexibility index (Phi) is 2.26. The number of aryl methyl sites for hydroxylation is 1. The van der Waals surface area contributed by atoms with Crippen molar-refractivity contribution in [3.05, 3.63) is 35.4 Å². The number of hydrogen-bond acceptors (Lipinski definition) is 2. The van der Waals surface area contributed by atoms with Crippen molar-refractivity contribution in [2.24, 2.45) is 0 Å². The summed E-state index contributed by atoms with van der Waals surface area (Å²) in [7, 11) is 0. The van der Waals surface area contributed by atoms with Crippen LogP contribution < -0.4 is 0 Å². The van der Waals surface area contributed by atoms with E-state index in [4.69, 9.17) is 9.47 Å². The lowest BCUT2D eigenvalue weighted by Gasteiger charge is -2.40. The van der Waals surface area contributed by atoms with Crippen LogP contribution in [0.3, 0.4) is 0 Å². The minimum absolute atomic E-state index is 0.299. The maximum absolute atomic E-state index is 5.84. The second kappa shape index (κ2) is 3.62. The molecule has 80 valence electrons. The number of fused-ring (bicyclic) bond motifs is 1. The minimum Gasteiger partial charge on any atom is -0.349 e. The van der Waals surface area contributed by atoms with E-state index in [-0.39, 0.29) is 5.79 Å². The van der Waals surface area contributed by atoms with Gasteiger partial charge in [-0.2, -0.15) is 0 Å². The highest BCUT2D eigenvalue weighted by Crippen LogP contribution is 2.34. The molecular formula is C13H16O2. The average molecular weight is 204 g/mol. The number of hydrogen-bond donors (Lipinski definition) is 0. The van der Waals surface area contributed by atoms with E-state index in [1.54, 1.807) is 0 Å². The van der Waals surface area contributed by atoms with Crippen LogP contribution in [0.15, 0.2) is 24.3 Å². The monoisotopic (exact) mass is 204 g/mol. The van der Waals surface area contributed by atoms with Crippen molar-refractivity contribution < 1.29 is 9.47 Å². The Morgan fingerprint density at radius 2 is 1.73 bits per heavy atom. The summed E-state index contributed by atoms with van der Waals surface area (Å²) in [6, 6.07) is 8.61. The summed E-state index contributed by atoms with van der Waals surface area (Å²) in [5, 5.41) is 0. The van der Waals surface area contributed by atoms with E-state index in [1.165, 1.54) is 11.1 Å². The van der Waals surface area contributed by atoms with Gasteiger partial charge >= 0.3 is 0 Å². The first kappa shape index (κ1) is 9.37. The third kappa shape index (κ3) is 1.68. The molecule has 1 aromatic carbocycles. The molecule has 0 atom stereocenters. The number of benzene rings is 1. The lowest BCUT2D eigenvalue weighted by atomic mass is 9.87. The molecule has 2 aliphatic rings. The summed E-state index contributed by atoms with van der Waals surface area (Å²) in [6.45, 7) is 1.70. The van der Waals surface area contributed by atoms with Crippen LogP contribution in [0.25, 0.3) is 0 Å². The van der Waals surface area contributed by atoms with E-state index < -0.39 is 0 Å². The van der Waals surface area contributed by atoms with Crippen LogP contribution in [-0.4, -0.2) is 19.0 Å². The van der Waals surface area contributed by atoms with Crippen molar-refractivity contribution in [1.29, 1.82) is 0 Å². The molecule has 0 aromatic heterocycles. The number of rotatable bonds is 0. The largest absolute Gasteiger partial charge is 0.349 e. The molecule has 0 saturated carbocycles. The van der Waals surface area contributed by atoms with Crippen molar-refractivity contribution in [2.75, 3.05) is 13.2 Å². The normalized spacial score (nSPS) is 23.7. The smallest absolute Gasteiger partial charge is 0.172 e. The minimum atomic E-state index is -0.299. The Morgan fingerprint density at radius 1 is 1.00 bits per heavy atom. The summed E-state index contributed by atoms with van der Waals surface area (Å²) in [5.74, 6) is -0.299. The van der Waals surface area contributed by atoms with Crippen LogP contribution in [0.4, 0.5) is 0 Å². The number of ether oxygens (including phenoxy) is 2. The van der Waals surface area contributed by atoms with Crippen LogP contribution in [0.1, 0.15) is 24.0 Å². The molecule has 1 heterocycles. The predicted octanol–water partition coefficient (Wildman–Crippen LogP) is 2.31. The topological polar surface area (TPSA) is 18.5 Å². The van der Waals surface area contributed by atoms with Crippen LogP contribution >= 0.6 is 0 Å². The van der Waals surface area contributed by atoms with Gasteiger partial charge in [-0.25, -0.2) is 0 Å². The molecule has 0 unspecified atom stereocenters. The van der Waals surface area contributed by atoms with E-state index in [0.29, 0.717) is 0 Å². The molecule has 1 aromatic rings. The highest BCUT2D eigenvalue weighted by molar-refractivity contribution is 5.30. The molecule has 0 N–H and O–H groups in total. The van der Waals surface area contributed by atoms with Crippen molar-refractivity contribution in [3.63, 3.8) is 0 Å². The Bertz CT molecular complexity index is 353. The van der Waals surface area contributed by atoms with Crippen molar-refractivity contribution >= 4 is 0 Å². The summed E-state index contributed by atoms with van der Waals surface area (Å²) in [4.78, 5) is 0. The van der Waals surface area contributed by atoms with Gasteiger partial charge in [0.15, 0.2) is 5.79 Å². The van der Waals surface area contributed by atoms with Crippen molar-refractivity contribution in [2.45, 2.75) is 31.5 Å². The van der Waals surface area contributed by atoms with Crippen molar-refractivity contribution in [1.82, 2.24) is 0 Å². The van der Waals surface area contributed by atoms with Gasteiger partial charge in [0, 0.05) is 12.8 Å². The van der Waals surface area contributed by atoms with E-state index in [9.17, 15) is 0 Å². The Morgan fingerprint density at radius 3 is 2.53 bits per heavy atom. The van der Waals surface area contributed by atoms with E-state index in [0.717, 1.165) is 38.9 Å². The summed E-state index contributed by atoms with van der Waals surface area (Å²) in [5.41, 5.74) is 2.85. The van der Waals surface area contributed by atoms with Gasteiger partial charge in [-0.05, 0) is 24.0 Å². The van der Waals surface area contributed by atoms with Crippen LogP contribution in [-0.2, 0) is 22.3 Å². The third-order valence-corrected chi connectivity index (χ3v) is 3.37. The first-order valence-corrected chi connectivity index (χ1v) is 5.73. The van der Waals surface area contributed by atoms with Gasteiger partial charge < -0.3 is 9.47 Å². The second-order valence-electron chi connectivity index (χ2n) is 4.41. The van der Waals surface area contributed by atoms with Gasteiger partial charge in [0.05, 0.1) is 13.2 Å². The molecule has 1 spiro atoms. The third-order valence-electron chi connectivity index (χ3n) is 3.37. The molecule has 15 heavy (non-hydrogen) atoms. The summed E-state index contributed by atoms with van der Waals surface area (Å²) in [6.07, 6.45) is 4.03. The summed E-state index contributed by atoms with van der Waals surface area (Å²) < 4.78 is 11.7. The maximum atomic E-state index is 5.84. The van der Waals surface area contributed by atoms with Gasteiger partial charge in [0.25, 0.3) is 0 Å². The summed E-state index contributed by atoms with van der Waals surface area (Å²) >= 11 is 0. The van der Waals surface area contributed by atoms with E-state index >= 15 is 0 Å². The second-order valence-corrected chi connectivity index (χ2v) is 4.41. The van der Waals surface area contributed by atoms with Gasteiger partial charge in [-0.1, -0.05) is 24.3 Å². The molecule has 2 nitrogen and oxygen atoms in total. The average Bonchev–Trinajstić information content (AvgIpc) is 2.30. The molecule has 2 heteroatoms. The van der Waals surface area contributed by atoms with E-state index in [1.807, 2.05) is 0 Å². The molecule has 1 saturated heterocycles. The Hall–Kier alpha value is -0.860. The zero-order chi connectivity index (χ0) is 10.1. The molecule has 0 bridgehead atoms. The zero-order valence-electron chi connectivity index (χ0n) is 8.87. The quantitative estimate of drug-likeness (QED) is 0.645. The molecule has 0 amide bonds. The Balaban J connectivity index is 1.87. The van der Waals surface area contributed by atoms with Gasteiger partial charge in [-0.3, -0.25) is 0 Å². The van der Waals surface area contributed by atoms with Crippen LogP contribution in [0, 0.1) is 0 Å². The molecule has 1 aliphatic heterocycles. The zero-order valence-corrected chi connectivity index (χ0v) is 8.87. The lowest BCUT2D eigenvalue weighted by Crippen LogP contribution is -2.45. The lowest BCUT2D eigenvalue weighted by molar-refractivity contribution is -0.271. The molecule has 1 aliphatic carbocycles. The van der Waals surface area contributed by atoms with Gasteiger partial charge in [0.1, 0.15) is 0 Å². The highest BCUT2D eigenvalue weighted by Gasteiger charge is 2.37. The standard InChI is InChI=1S/C13H16O2/c1-2-5-12-10-13(7-6-11(12)4-1)14-8-3-9-15-13/h1-2,4-5H,3,6-10H2. The fourth-order valence-corrected chi connectivity index (χ4v) is 2.54.